The molecule has 1 aliphatic rings. The molecule has 0 bridgehead atoms. The van der Waals surface area contributed by atoms with Crippen molar-refractivity contribution in [3.8, 4) is 0 Å². The first-order chi connectivity index (χ1) is 11.6. The van der Waals surface area contributed by atoms with Gasteiger partial charge in [0.15, 0.2) is 0 Å². The van der Waals surface area contributed by atoms with E-state index in [1.807, 2.05) is 30.5 Å². The van der Waals surface area contributed by atoms with Crippen molar-refractivity contribution in [2.24, 2.45) is 0 Å². The third kappa shape index (κ3) is 3.19. The van der Waals surface area contributed by atoms with Crippen molar-refractivity contribution >= 4 is 35.2 Å². The van der Waals surface area contributed by atoms with Gasteiger partial charge in [0.25, 0.3) is 11.8 Å². The van der Waals surface area contributed by atoms with Crippen molar-refractivity contribution in [2.45, 2.75) is 11.3 Å². The number of rotatable bonds is 5. The number of carbonyl (C=O) groups is 3. The minimum absolute atomic E-state index is 0.0652. The van der Waals surface area contributed by atoms with E-state index in [0.717, 1.165) is 9.80 Å². The van der Waals surface area contributed by atoms with E-state index in [1.54, 1.807) is 36.0 Å². The summed E-state index contributed by atoms with van der Waals surface area (Å²) in [6.45, 7) is 0.0705. The van der Waals surface area contributed by atoms with Gasteiger partial charge >= 0.3 is 0 Å². The first-order valence-corrected chi connectivity index (χ1v) is 8.72. The van der Waals surface area contributed by atoms with Crippen LogP contribution in [-0.4, -0.2) is 35.4 Å². The standard InChI is InChI=1S/C18H16N2O3S/c1-24-13-8-6-12(7-9-13)19-16(21)10-11-20-17(22)14-4-2-3-5-15(14)18(20)23/h2-9H,10-11H2,1H3,(H,19,21). The van der Waals surface area contributed by atoms with Crippen molar-refractivity contribution in [1.82, 2.24) is 4.90 Å². The van der Waals surface area contributed by atoms with Crippen LogP contribution in [0.1, 0.15) is 27.1 Å². The minimum Gasteiger partial charge on any atom is -0.326 e. The smallest absolute Gasteiger partial charge is 0.261 e. The van der Waals surface area contributed by atoms with Gasteiger partial charge in [0, 0.05) is 23.5 Å². The van der Waals surface area contributed by atoms with Gasteiger partial charge in [0.1, 0.15) is 0 Å². The molecule has 0 unspecified atom stereocenters. The van der Waals surface area contributed by atoms with E-state index in [4.69, 9.17) is 0 Å². The molecule has 0 atom stereocenters. The summed E-state index contributed by atoms with van der Waals surface area (Å²) < 4.78 is 0. The Hall–Kier alpha value is -2.60. The zero-order valence-electron chi connectivity index (χ0n) is 13.1. The van der Waals surface area contributed by atoms with Gasteiger partial charge < -0.3 is 5.32 Å². The lowest BCUT2D eigenvalue weighted by atomic mass is 10.1. The molecule has 5 nitrogen and oxygen atoms in total. The number of hydrogen-bond acceptors (Lipinski definition) is 4. The number of nitrogens with zero attached hydrogens (tertiary/aromatic N) is 1. The fraction of sp³-hybridized carbons (Fsp3) is 0.167. The van der Waals surface area contributed by atoms with Crippen LogP contribution in [0.4, 0.5) is 5.69 Å². The highest BCUT2D eigenvalue weighted by Crippen LogP contribution is 2.22. The van der Waals surface area contributed by atoms with E-state index >= 15 is 0 Å². The van der Waals surface area contributed by atoms with Crippen LogP contribution in [0.25, 0.3) is 0 Å². The van der Waals surface area contributed by atoms with E-state index in [-0.39, 0.29) is 30.7 Å². The Balaban J connectivity index is 1.59. The number of carbonyl (C=O) groups excluding carboxylic acids is 3. The second kappa shape index (κ2) is 6.88. The highest BCUT2D eigenvalue weighted by molar-refractivity contribution is 7.98. The number of thioether (sulfide) groups is 1. The zero-order valence-corrected chi connectivity index (χ0v) is 13.9. The summed E-state index contributed by atoms with van der Waals surface area (Å²) in [6, 6.07) is 14.2. The first kappa shape index (κ1) is 16.3. The summed E-state index contributed by atoms with van der Waals surface area (Å²) in [5, 5.41) is 2.77. The maximum absolute atomic E-state index is 12.2. The predicted octanol–water partition coefficient (Wildman–Crippen LogP) is 3.03. The van der Waals surface area contributed by atoms with Crippen LogP contribution in [0.2, 0.25) is 0 Å². The number of nitrogens with one attached hydrogen (secondary N) is 1. The fourth-order valence-corrected chi connectivity index (χ4v) is 2.96. The highest BCUT2D eigenvalue weighted by Gasteiger charge is 2.34. The molecule has 6 heteroatoms. The second-order valence-corrected chi connectivity index (χ2v) is 6.21. The van der Waals surface area contributed by atoms with Gasteiger partial charge in [0.05, 0.1) is 11.1 Å². The number of imide groups is 1. The Morgan fingerprint density at radius 1 is 1.00 bits per heavy atom. The van der Waals surface area contributed by atoms with Crippen molar-refractivity contribution in [1.29, 1.82) is 0 Å². The predicted molar refractivity (Wildman–Crippen MR) is 93.3 cm³/mol. The molecular formula is C18H16N2O3S. The third-order valence-corrected chi connectivity index (χ3v) is 4.56. The molecule has 0 aliphatic carbocycles. The van der Waals surface area contributed by atoms with E-state index in [0.29, 0.717) is 16.8 Å². The van der Waals surface area contributed by atoms with Crippen molar-refractivity contribution < 1.29 is 14.4 Å². The molecule has 1 aliphatic heterocycles. The van der Waals surface area contributed by atoms with E-state index in [1.165, 1.54) is 0 Å². The topological polar surface area (TPSA) is 66.5 Å². The number of hydrogen-bond donors (Lipinski definition) is 1. The van der Waals surface area contributed by atoms with Gasteiger partial charge in [0.2, 0.25) is 5.91 Å². The van der Waals surface area contributed by atoms with E-state index < -0.39 is 0 Å². The summed E-state index contributed by atoms with van der Waals surface area (Å²) in [5.74, 6) is -0.913. The van der Waals surface area contributed by atoms with E-state index in [2.05, 4.69) is 5.32 Å². The Kier molecular flexibility index (Phi) is 4.66. The molecule has 1 N–H and O–H groups in total. The summed E-state index contributed by atoms with van der Waals surface area (Å²) in [4.78, 5) is 38.7. The molecule has 0 radical (unpaired) electrons. The fourth-order valence-electron chi connectivity index (χ4n) is 2.55. The second-order valence-electron chi connectivity index (χ2n) is 5.33. The molecule has 24 heavy (non-hydrogen) atoms. The van der Waals surface area contributed by atoms with Gasteiger partial charge in [-0.05, 0) is 42.7 Å². The van der Waals surface area contributed by atoms with Crippen LogP contribution in [0.3, 0.4) is 0 Å². The van der Waals surface area contributed by atoms with Gasteiger partial charge in [-0.15, -0.1) is 11.8 Å². The number of amides is 3. The molecule has 0 aromatic heterocycles. The molecule has 1 heterocycles. The number of benzene rings is 2. The van der Waals surface area contributed by atoms with Gasteiger partial charge in [-0.2, -0.15) is 0 Å². The van der Waals surface area contributed by atoms with Crippen molar-refractivity contribution in [3.05, 3.63) is 59.7 Å². The van der Waals surface area contributed by atoms with Crippen molar-refractivity contribution in [2.75, 3.05) is 18.1 Å². The summed E-state index contributed by atoms with van der Waals surface area (Å²) >= 11 is 1.62. The molecule has 122 valence electrons. The Bertz CT molecular complexity index is 767. The Morgan fingerprint density at radius 2 is 1.58 bits per heavy atom. The molecule has 2 aromatic rings. The van der Waals surface area contributed by atoms with Crippen LogP contribution < -0.4 is 5.32 Å². The summed E-state index contributed by atoms with van der Waals surface area (Å²) in [5.41, 5.74) is 1.49. The van der Waals surface area contributed by atoms with Crippen LogP contribution in [0.15, 0.2) is 53.4 Å². The van der Waals surface area contributed by atoms with Gasteiger partial charge in [-0.25, -0.2) is 0 Å². The average molecular weight is 340 g/mol. The van der Waals surface area contributed by atoms with Crippen LogP contribution in [0.5, 0.6) is 0 Å². The van der Waals surface area contributed by atoms with Crippen LogP contribution in [-0.2, 0) is 4.79 Å². The molecule has 2 aromatic carbocycles. The van der Waals surface area contributed by atoms with E-state index in [9.17, 15) is 14.4 Å². The quantitative estimate of drug-likeness (QED) is 0.671. The summed E-state index contributed by atoms with van der Waals surface area (Å²) in [6.07, 6.45) is 2.05. The number of anilines is 1. The first-order valence-electron chi connectivity index (χ1n) is 7.49. The Labute approximate surface area is 144 Å². The number of fused-ring (bicyclic) bond motifs is 1. The highest BCUT2D eigenvalue weighted by atomic mass is 32.2. The van der Waals surface area contributed by atoms with Gasteiger partial charge in [-0.1, -0.05) is 12.1 Å². The SMILES string of the molecule is CSc1ccc(NC(=O)CCN2C(=O)c3ccccc3C2=O)cc1. The van der Waals surface area contributed by atoms with Crippen LogP contribution in [0, 0.1) is 0 Å². The van der Waals surface area contributed by atoms with Crippen LogP contribution >= 0.6 is 11.8 Å². The molecule has 0 fully saturated rings. The molecule has 3 rings (SSSR count). The lowest BCUT2D eigenvalue weighted by Gasteiger charge is -2.13. The molecule has 0 saturated carbocycles. The zero-order chi connectivity index (χ0) is 17.1. The largest absolute Gasteiger partial charge is 0.326 e. The maximum atomic E-state index is 12.2. The average Bonchev–Trinajstić information content (AvgIpc) is 2.85. The molecule has 0 spiro atoms. The monoisotopic (exact) mass is 340 g/mol. The maximum Gasteiger partial charge on any atom is 0.261 e. The Morgan fingerprint density at radius 3 is 2.12 bits per heavy atom. The van der Waals surface area contributed by atoms with Gasteiger partial charge in [-0.3, -0.25) is 19.3 Å². The lowest BCUT2D eigenvalue weighted by molar-refractivity contribution is -0.116. The lowest BCUT2D eigenvalue weighted by Crippen LogP contribution is -2.32. The van der Waals surface area contributed by atoms with Crippen molar-refractivity contribution in [3.63, 3.8) is 0 Å². The normalized spacial score (nSPS) is 13.1. The molecular weight excluding hydrogens is 324 g/mol. The third-order valence-electron chi connectivity index (χ3n) is 3.81. The molecule has 0 saturated heterocycles. The molecule has 3 amide bonds. The summed E-state index contributed by atoms with van der Waals surface area (Å²) in [7, 11) is 0. The minimum atomic E-state index is -0.340.